The monoisotopic (exact) mass is 407 g/mol. The summed E-state index contributed by atoms with van der Waals surface area (Å²) < 4.78 is 5.15. The second-order valence-corrected chi connectivity index (χ2v) is 8.04. The van der Waals surface area contributed by atoms with Gasteiger partial charge in [0.05, 0.1) is 12.5 Å². The van der Waals surface area contributed by atoms with Gasteiger partial charge >= 0.3 is 0 Å². The number of benzene rings is 1. The fourth-order valence-corrected chi connectivity index (χ4v) is 5.01. The Hall–Kier alpha value is -1.79. The highest BCUT2D eigenvalue weighted by molar-refractivity contribution is 5.94. The van der Waals surface area contributed by atoms with Crippen LogP contribution in [-0.4, -0.2) is 68.0 Å². The van der Waals surface area contributed by atoms with Gasteiger partial charge in [0.1, 0.15) is 5.75 Å². The van der Waals surface area contributed by atoms with Crippen LogP contribution in [0.25, 0.3) is 0 Å². The first kappa shape index (κ1) is 20.9. The normalized spacial score (nSPS) is 27.0. The number of hydrogen-bond acceptors (Lipinski definition) is 4. The van der Waals surface area contributed by atoms with Gasteiger partial charge in [-0.25, -0.2) is 0 Å². The van der Waals surface area contributed by atoms with Crippen molar-refractivity contribution in [3.63, 3.8) is 0 Å². The van der Waals surface area contributed by atoms with Gasteiger partial charge in [-0.05, 0) is 49.6 Å². The molecule has 2 aliphatic heterocycles. The summed E-state index contributed by atoms with van der Waals surface area (Å²) in [6.45, 7) is 4.27. The van der Waals surface area contributed by atoms with Crippen LogP contribution in [0.5, 0.6) is 5.75 Å². The Kier molecular flexibility index (Phi) is 6.50. The molecule has 1 aromatic carbocycles. The van der Waals surface area contributed by atoms with E-state index < -0.39 is 0 Å². The van der Waals surface area contributed by atoms with Crippen LogP contribution in [0.15, 0.2) is 24.3 Å². The zero-order chi connectivity index (χ0) is 18.9. The van der Waals surface area contributed by atoms with E-state index in [1.54, 1.807) is 19.2 Å². The van der Waals surface area contributed by atoms with E-state index in [9.17, 15) is 9.59 Å². The number of methoxy groups -OCH3 is 1. The molecule has 7 heteroatoms. The van der Waals surface area contributed by atoms with Crippen LogP contribution in [0.1, 0.15) is 36.0 Å². The summed E-state index contributed by atoms with van der Waals surface area (Å²) in [5, 5.41) is 3.46. The Labute approximate surface area is 173 Å². The summed E-state index contributed by atoms with van der Waals surface area (Å²) in [5.74, 6) is 1.57. The van der Waals surface area contributed by atoms with Crippen molar-refractivity contribution < 1.29 is 14.3 Å². The molecule has 3 fully saturated rings. The van der Waals surface area contributed by atoms with E-state index in [4.69, 9.17) is 4.74 Å². The molecule has 0 unspecified atom stereocenters. The van der Waals surface area contributed by atoms with Gasteiger partial charge in [-0.2, -0.15) is 0 Å². The summed E-state index contributed by atoms with van der Waals surface area (Å²) in [6, 6.07) is 7.22. The van der Waals surface area contributed by atoms with Gasteiger partial charge in [0.15, 0.2) is 0 Å². The van der Waals surface area contributed by atoms with Gasteiger partial charge in [-0.15, -0.1) is 12.4 Å². The lowest BCUT2D eigenvalue weighted by molar-refractivity contribution is -0.146. The van der Waals surface area contributed by atoms with Crippen molar-refractivity contribution in [2.45, 2.75) is 25.7 Å². The van der Waals surface area contributed by atoms with Gasteiger partial charge in [-0.3, -0.25) is 9.59 Å². The quantitative estimate of drug-likeness (QED) is 0.834. The number of rotatable bonds is 3. The average Bonchev–Trinajstić information content (AvgIpc) is 3.18. The molecule has 6 nitrogen and oxygen atoms in total. The fraction of sp³-hybridized carbons (Fsp3) is 0.619. The first-order chi connectivity index (χ1) is 13.1. The number of ether oxygens (including phenoxy) is 1. The summed E-state index contributed by atoms with van der Waals surface area (Å²) in [5.41, 5.74) is 0.474. The maximum absolute atomic E-state index is 13.3. The van der Waals surface area contributed by atoms with Crippen molar-refractivity contribution in [3.8, 4) is 5.75 Å². The van der Waals surface area contributed by atoms with Gasteiger partial charge < -0.3 is 19.9 Å². The molecule has 2 saturated heterocycles. The molecule has 1 N–H and O–H groups in total. The molecule has 0 aromatic heterocycles. The van der Waals surface area contributed by atoms with Crippen LogP contribution in [0.4, 0.5) is 0 Å². The van der Waals surface area contributed by atoms with Crippen LogP contribution < -0.4 is 10.1 Å². The number of halogens is 1. The number of carbonyl (C=O) groups is 2. The SMILES string of the molecule is COc1ccc(C(=O)N2CCN(C(=O)[C@@]34CCCC[C@H]3CNC4)CC2)cc1.Cl. The molecule has 2 amide bonds. The predicted molar refractivity (Wildman–Crippen MR) is 110 cm³/mol. The van der Waals surface area contributed by atoms with Crippen molar-refractivity contribution in [2.24, 2.45) is 11.3 Å². The maximum Gasteiger partial charge on any atom is 0.253 e. The Balaban J connectivity index is 0.00000225. The molecule has 154 valence electrons. The highest BCUT2D eigenvalue weighted by Crippen LogP contribution is 2.45. The minimum absolute atomic E-state index is 0. The lowest BCUT2D eigenvalue weighted by Crippen LogP contribution is -2.56. The molecule has 1 saturated carbocycles. The summed E-state index contributed by atoms with van der Waals surface area (Å²) in [6.07, 6.45) is 4.56. The number of piperazine rings is 1. The number of nitrogens with one attached hydrogen (secondary N) is 1. The van der Waals surface area contributed by atoms with Crippen LogP contribution in [-0.2, 0) is 4.79 Å². The maximum atomic E-state index is 13.3. The Bertz CT molecular complexity index is 703. The predicted octanol–water partition coefficient (Wildman–Crippen LogP) is 2.18. The molecule has 28 heavy (non-hydrogen) atoms. The van der Waals surface area contributed by atoms with Crippen LogP contribution in [0.2, 0.25) is 0 Å². The highest BCUT2D eigenvalue weighted by atomic mass is 35.5. The lowest BCUT2D eigenvalue weighted by atomic mass is 9.67. The number of amides is 2. The minimum atomic E-state index is -0.194. The van der Waals surface area contributed by atoms with Crippen LogP contribution in [0, 0.1) is 11.3 Å². The molecule has 2 heterocycles. The molecular formula is C21H30ClN3O3. The van der Waals surface area contributed by atoms with Gasteiger partial charge in [0.2, 0.25) is 5.91 Å². The van der Waals surface area contributed by atoms with Crippen molar-refractivity contribution >= 4 is 24.2 Å². The number of hydrogen-bond donors (Lipinski definition) is 1. The third kappa shape index (κ3) is 3.72. The third-order valence-corrected chi connectivity index (χ3v) is 6.66. The van der Waals surface area contributed by atoms with Gasteiger partial charge in [-0.1, -0.05) is 12.8 Å². The van der Waals surface area contributed by atoms with E-state index in [2.05, 4.69) is 5.32 Å². The molecular weight excluding hydrogens is 378 g/mol. The lowest BCUT2D eigenvalue weighted by Gasteiger charge is -2.43. The average molecular weight is 408 g/mol. The van der Waals surface area contributed by atoms with Crippen molar-refractivity contribution in [2.75, 3.05) is 46.4 Å². The molecule has 0 radical (unpaired) electrons. The summed E-state index contributed by atoms with van der Waals surface area (Å²) in [7, 11) is 1.61. The number of fused-ring (bicyclic) bond motifs is 1. The minimum Gasteiger partial charge on any atom is -0.497 e. The first-order valence-corrected chi connectivity index (χ1v) is 10.1. The molecule has 2 atom stereocenters. The smallest absolute Gasteiger partial charge is 0.253 e. The molecule has 0 bridgehead atoms. The van der Waals surface area contributed by atoms with Gasteiger partial charge in [0.25, 0.3) is 5.91 Å². The molecule has 0 spiro atoms. The molecule has 4 rings (SSSR count). The van der Waals surface area contributed by atoms with Crippen molar-refractivity contribution in [3.05, 3.63) is 29.8 Å². The molecule has 3 aliphatic rings. The van der Waals surface area contributed by atoms with E-state index >= 15 is 0 Å². The largest absolute Gasteiger partial charge is 0.497 e. The highest BCUT2D eigenvalue weighted by Gasteiger charge is 2.51. The van der Waals surface area contributed by atoms with Gasteiger partial charge in [0, 0.05) is 38.3 Å². The van der Waals surface area contributed by atoms with Crippen molar-refractivity contribution in [1.29, 1.82) is 0 Å². The van der Waals surface area contributed by atoms with Crippen molar-refractivity contribution in [1.82, 2.24) is 15.1 Å². The Morgan fingerprint density at radius 1 is 1.07 bits per heavy atom. The van der Waals surface area contributed by atoms with E-state index in [1.807, 2.05) is 21.9 Å². The van der Waals surface area contributed by atoms with Crippen LogP contribution >= 0.6 is 12.4 Å². The zero-order valence-electron chi connectivity index (χ0n) is 16.5. The standard InChI is InChI=1S/C21H29N3O3.ClH/c1-27-18-7-5-16(6-8-18)19(25)23-10-12-24(13-11-23)20(26)21-9-3-2-4-17(21)14-22-15-21;/h5-8,17,22H,2-4,9-15H2,1H3;1H/t17-,21+;/m0./s1. The zero-order valence-corrected chi connectivity index (χ0v) is 17.3. The summed E-state index contributed by atoms with van der Waals surface area (Å²) >= 11 is 0. The van der Waals surface area contributed by atoms with E-state index in [0.29, 0.717) is 43.6 Å². The second-order valence-electron chi connectivity index (χ2n) is 8.04. The van der Waals surface area contributed by atoms with E-state index in [0.717, 1.165) is 38.1 Å². The molecule has 1 aliphatic carbocycles. The first-order valence-electron chi connectivity index (χ1n) is 10.1. The number of carbonyl (C=O) groups excluding carboxylic acids is 2. The topological polar surface area (TPSA) is 61.9 Å². The molecule has 1 aromatic rings. The fourth-order valence-electron chi connectivity index (χ4n) is 5.01. The third-order valence-electron chi connectivity index (χ3n) is 6.66. The Morgan fingerprint density at radius 3 is 2.43 bits per heavy atom. The Morgan fingerprint density at radius 2 is 1.75 bits per heavy atom. The summed E-state index contributed by atoms with van der Waals surface area (Å²) in [4.78, 5) is 29.9. The van der Waals surface area contributed by atoms with Crippen LogP contribution in [0.3, 0.4) is 0 Å². The number of nitrogens with zero attached hydrogens (tertiary/aromatic N) is 2. The van der Waals surface area contributed by atoms with E-state index in [-0.39, 0.29) is 23.7 Å². The van der Waals surface area contributed by atoms with E-state index in [1.165, 1.54) is 6.42 Å². The second kappa shape index (κ2) is 8.70.